The van der Waals surface area contributed by atoms with Crippen LogP contribution in [-0.4, -0.2) is 96.0 Å². The lowest BCUT2D eigenvalue weighted by Gasteiger charge is -2.37. The molecule has 3 heterocycles. The molecule has 1 aliphatic carbocycles. The molecular weight excluding hydrogens is 630 g/mol. The summed E-state index contributed by atoms with van der Waals surface area (Å²) in [7, 11) is 0.303. The van der Waals surface area contributed by atoms with Gasteiger partial charge in [-0.3, -0.25) is 9.59 Å². The third-order valence-electron chi connectivity index (χ3n) is 9.27. The van der Waals surface area contributed by atoms with E-state index in [0.29, 0.717) is 67.5 Å². The van der Waals surface area contributed by atoms with E-state index in [1.165, 1.54) is 0 Å². The maximum atomic E-state index is 13.8. The smallest absolute Gasteiger partial charge is 0.254 e. The Kier molecular flexibility index (Phi) is 9.62. The maximum absolute atomic E-state index is 13.8. The second kappa shape index (κ2) is 13.7. The highest BCUT2D eigenvalue weighted by molar-refractivity contribution is 7.92. The Morgan fingerprint density at radius 1 is 1.06 bits per heavy atom. The number of carbonyl (C=O) groups is 2. The molecule has 1 saturated carbocycles. The molecule has 13 heteroatoms. The quantitative estimate of drug-likeness (QED) is 0.289. The molecule has 48 heavy (non-hydrogen) atoms. The van der Waals surface area contributed by atoms with Gasteiger partial charge < -0.3 is 30.1 Å². The summed E-state index contributed by atoms with van der Waals surface area (Å²) in [6, 6.07) is 10.7. The van der Waals surface area contributed by atoms with Gasteiger partial charge in [-0.25, -0.2) is 13.4 Å². The topological polar surface area (TPSA) is 137 Å². The van der Waals surface area contributed by atoms with E-state index < -0.39 is 9.84 Å². The van der Waals surface area contributed by atoms with Crippen LogP contribution in [-0.2, 0) is 21.2 Å². The number of piperidine rings is 1. The monoisotopic (exact) mass is 675 g/mol. The third kappa shape index (κ3) is 6.98. The highest BCUT2D eigenvalue weighted by atomic mass is 32.2. The zero-order chi connectivity index (χ0) is 34.2. The fourth-order valence-corrected chi connectivity index (χ4v) is 8.47. The van der Waals surface area contributed by atoms with E-state index in [1.54, 1.807) is 30.5 Å². The highest BCUT2D eigenvalue weighted by Gasteiger charge is 2.37. The van der Waals surface area contributed by atoms with Crippen molar-refractivity contribution in [1.82, 2.24) is 24.7 Å². The number of benzene rings is 2. The van der Waals surface area contributed by atoms with E-state index in [2.05, 4.69) is 15.6 Å². The Bertz CT molecular complexity index is 1800. The number of ether oxygens (including phenoxy) is 1. The number of aromatic nitrogens is 2. The van der Waals surface area contributed by atoms with Crippen molar-refractivity contribution in [3.05, 3.63) is 59.3 Å². The number of hydrogen-bond acceptors (Lipinski definition) is 10. The molecule has 0 atom stereocenters. The minimum Gasteiger partial charge on any atom is -0.489 e. The molecule has 3 aromatic rings. The standard InChI is InChI=1S/C35H45N7O5S/c1-22(2)47-30-17-24-20-42(25-13-15-41(16-14-25)32(43)21-40(4)5)34(44)27(24)18-29(30)38-35-36-19-23(3)33(39-35)37-28-11-6-7-12-31(28)48(45,46)26-9-8-10-26/h6-7,11-12,17-19,22,25-26H,8-10,13-16,20-21H2,1-5H3,(H2,36,37,38,39). The van der Waals surface area contributed by atoms with Crippen molar-refractivity contribution in [2.24, 2.45) is 0 Å². The summed E-state index contributed by atoms with van der Waals surface area (Å²) in [5, 5.41) is 6.16. The molecule has 6 rings (SSSR count). The van der Waals surface area contributed by atoms with Crippen LogP contribution in [0.3, 0.4) is 0 Å². The van der Waals surface area contributed by atoms with Crippen molar-refractivity contribution < 1.29 is 22.7 Å². The second-order valence-electron chi connectivity index (χ2n) is 13.5. The predicted molar refractivity (Wildman–Crippen MR) is 185 cm³/mol. The number of sulfone groups is 1. The van der Waals surface area contributed by atoms with Crippen LogP contribution >= 0.6 is 0 Å². The maximum Gasteiger partial charge on any atom is 0.254 e. The molecule has 2 amide bonds. The molecule has 1 saturated heterocycles. The number of rotatable bonds is 11. The predicted octanol–water partition coefficient (Wildman–Crippen LogP) is 4.89. The molecule has 3 aliphatic rings. The Morgan fingerprint density at radius 2 is 1.79 bits per heavy atom. The number of anilines is 4. The van der Waals surface area contributed by atoms with Gasteiger partial charge in [0, 0.05) is 43.0 Å². The SMILES string of the molecule is Cc1cnc(Nc2cc3c(cc2OC(C)C)CN(C2CCN(C(=O)CN(C)C)CC2)C3=O)nc1Nc1ccccc1S(=O)(=O)C1CCC1. The summed E-state index contributed by atoms with van der Waals surface area (Å²) in [6.07, 6.45) is 5.29. The van der Waals surface area contributed by atoms with Crippen LogP contribution < -0.4 is 15.4 Å². The van der Waals surface area contributed by atoms with Gasteiger partial charge in [0.2, 0.25) is 11.9 Å². The van der Waals surface area contributed by atoms with Gasteiger partial charge >= 0.3 is 0 Å². The van der Waals surface area contributed by atoms with Gasteiger partial charge in [0.1, 0.15) is 11.6 Å². The van der Waals surface area contributed by atoms with E-state index in [-0.39, 0.29) is 40.1 Å². The van der Waals surface area contributed by atoms with Crippen LogP contribution in [0.25, 0.3) is 0 Å². The van der Waals surface area contributed by atoms with Gasteiger partial charge in [0.15, 0.2) is 9.84 Å². The van der Waals surface area contributed by atoms with Crippen molar-refractivity contribution in [2.75, 3.05) is 44.4 Å². The van der Waals surface area contributed by atoms with Crippen LogP contribution in [0.2, 0.25) is 0 Å². The summed E-state index contributed by atoms with van der Waals surface area (Å²) in [5.74, 6) is 1.39. The van der Waals surface area contributed by atoms with Crippen molar-refractivity contribution in [3.8, 4) is 5.75 Å². The Labute approximate surface area is 282 Å². The van der Waals surface area contributed by atoms with E-state index in [9.17, 15) is 18.0 Å². The number of likely N-dealkylation sites (N-methyl/N-ethyl adjacent to an activating group) is 1. The number of hydrogen-bond donors (Lipinski definition) is 2. The fourth-order valence-electron chi connectivity index (χ4n) is 6.46. The summed E-state index contributed by atoms with van der Waals surface area (Å²) in [5.41, 5.74) is 3.26. The average Bonchev–Trinajstić information content (AvgIpc) is 3.32. The highest BCUT2D eigenvalue weighted by Crippen LogP contribution is 2.38. The van der Waals surface area contributed by atoms with E-state index in [0.717, 1.165) is 30.4 Å². The first-order valence-corrected chi connectivity index (χ1v) is 18.2. The van der Waals surface area contributed by atoms with Gasteiger partial charge in [-0.05, 0) is 90.4 Å². The molecule has 2 N–H and O–H groups in total. The number of likely N-dealkylation sites (tertiary alicyclic amines) is 1. The molecular formula is C35H45N7O5S. The summed E-state index contributed by atoms with van der Waals surface area (Å²) >= 11 is 0. The van der Waals surface area contributed by atoms with Gasteiger partial charge in [-0.15, -0.1) is 0 Å². The lowest BCUT2D eigenvalue weighted by atomic mass is 10.00. The number of amides is 2. The van der Waals surface area contributed by atoms with Crippen molar-refractivity contribution >= 4 is 44.8 Å². The second-order valence-corrected chi connectivity index (χ2v) is 15.7. The van der Waals surface area contributed by atoms with Crippen molar-refractivity contribution in [1.29, 1.82) is 0 Å². The molecule has 0 radical (unpaired) electrons. The Balaban J connectivity index is 1.22. The molecule has 0 unspecified atom stereocenters. The lowest BCUT2D eigenvalue weighted by Crippen LogP contribution is -2.48. The lowest BCUT2D eigenvalue weighted by molar-refractivity contribution is -0.133. The first-order valence-electron chi connectivity index (χ1n) is 16.7. The Hall–Kier alpha value is -4.23. The minimum atomic E-state index is -3.47. The van der Waals surface area contributed by atoms with Crippen LogP contribution in [0.4, 0.5) is 23.1 Å². The first-order chi connectivity index (χ1) is 22.9. The zero-order valence-corrected chi connectivity index (χ0v) is 29.1. The summed E-state index contributed by atoms with van der Waals surface area (Å²) < 4.78 is 32.8. The van der Waals surface area contributed by atoms with Crippen LogP contribution in [0.1, 0.15) is 67.4 Å². The number of fused-ring (bicyclic) bond motifs is 1. The Morgan fingerprint density at radius 3 is 2.46 bits per heavy atom. The van der Waals surface area contributed by atoms with Gasteiger partial charge in [-0.1, -0.05) is 18.6 Å². The molecule has 2 fully saturated rings. The molecule has 2 aromatic carbocycles. The van der Waals surface area contributed by atoms with Crippen LogP contribution in [0, 0.1) is 6.92 Å². The van der Waals surface area contributed by atoms with E-state index >= 15 is 0 Å². The van der Waals surface area contributed by atoms with Gasteiger partial charge in [-0.2, -0.15) is 4.98 Å². The molecule has 2 aliphatic heterocycles. The van der Waals surface area contributed by atoms with Crippen LogP contribution in [0.15, 0.2) is 47.5 Å². The molecule has 0 bridgehead atoms. The number of carbonyl (C=O) groups excluding carboxylic acids is 2. The first kappa shape index (κ1) is 33.7. The van der Waals surface area contributed by atoms with Gasteiger partial charge in [0.25, 0.3) is 5.91 Å². The molecule has 256 valence electrons. The normalized spacial score (nSPS) is 17.1. The average molecular weight is 676 g/mol. The molecule has 0 spiro atoms. The van der Waals surface area contributed by atoms with E-state index in [1.807, 2.05) is 61.7 Å². The molecule has 12 nitrogen and oxygen atoms in total. The van der Waals surface area contributed by atoms with Gasteiger partial charge in [0.05, 0.1) is 34.2 Å². The summed E-state index contributed by atoms with van der Waals surface area (Å²) in [4.78, 5) is 41.5. The summed E-state index contributed by atoms with van der Waals surface area (Å²) in [6.45, 7) is 7.86. The number of para-hydroxylation sites is 1. The molecule has 1 aromatic heterocycles. The van der Waals surface area contributed by atoms with Crippen molar-refractivity contribution in [2.45, 2.75) is 81.7 Å². The minimum absolute atomic E-state index is 0.0429. The largest absolute Gasteiger partial charge is 0.489 e. The number of aryl methyl sites for hydroxylation is 1. The van der Waals surface area contributed by atoms with Crippen LogP contribution in [0.5, 0.6) is 5.75 Å². The van der Waals surface area contributed by atoms with Crippen molar-refractivity contribution in [3.63, 3.8) is 0 Å². The fraction of sp³-hybridized carbons (Fsp3) is 0.486. The zero-order valence-electron chi connectivity index (χ0n) is 28.3. The third-order valence-corrected chi connectivity index (χ3v) is 11.6. The number of nitrogens with zero attached hydrogens (tertiary/aromatic N) is 5. The van der Waals surface area contributed by atoms with E-state index in [4.69, 9.17) is 9.72 Å². The number of nitrogens with one attached hydrogen (secondary N) is 2.